The number of aliphatic hydroxyl groups excluding tert-OH is 1. The molecule has 0 aromatic carbocycles. The van der Waals surface area contributed by atoms with Crippen LogP contribution in [-0.2, 0) is 4.74 Å². The molecule has 0 rings (SSSR count). The molecule has 0 aliphatic carbocycles. The van der Waals surface area contributed by atoms with Crippen molar-refractivity contribution in [3.63, 3.8) is 0 Å². The Morgan fingerprint density at radius 3 is 1.64 bits per heavy atom. The van der Waals surface area contributed by atoms with Crippen molar-refractivity contribution in [2.45, 2.75) is 39.4 Å². The van der Waals surface area contributed by atoms with Crippen molar-refractivity contribution in [1.82, 2.24) is 0 Å². The van der Waals surface area contributed by atoms with E-state index in [0.29, 0.717) is 6.61 Å². The van der Waals surface area contributed by atoms with Gasteiger partial charge < -0.3 is 14.9 Å². The van der Waals surface area contributed by atoms with Crippen molar-refractivity contribution in [1.29, 1.82) is 0 Å². The largest absolute Gasteiger partial charge is 0.391 e. The molecule has 0 bridgehead atoms. The summed E-state index contributed by atoms with van der Waals surface area (Å²) in [5.74, 6) is 0. The Kier molecular flexibility index (Phi) is 8.06. The highest BCUT2D eigenvalue weighted by Crippen LogP contribution is 1.93. The number of aliphatic hydroxyl groups is 2. The van der Waals surface area contributed by atoms with E-state index in [1.165, 1.54) is 0 Å². The molecule has 0 aliphatic heterocycles. The predicted molar refractivity (Wildman–Crippen MR) is 45.5 cm³/mol. The highest BCUT2D eigenvalue weighted by atomic mass is 16.5. The van der Waals surface area contributed by atoms with Crippen LogP contribution < -0.4 is 0 Å². The van der Waals surface area contributed by atoms with E-state index in [9.17, 15) is 0 Å². The summed E-state index contributed by atoms with van der Waals surface area (Å²) in [6, 6.07) is 0. The van der Waals surface area contributed by atoms with E-state index < -0.39 is 5.60 Å². The quantitative estimate of drug-likeness (QED) is 0.634. The highest BCUT2D eigenvalue weighted by Gasteiger charge is 1.97. The predicted octanol–water partition coefficient (Wildman–Crippen LogP) is 0.791. The highest BCUT2D eigenvalue weighted by molar-refractivity contribution is 4.50. The molecule has 0 amide bonds. The molecule has 0 aromatic heterocycles. The third-order valence-corrected chi connectivity index (χ3v) is 0.408. The number of hydrogen-bond donors (Lipinski definition) is 2. The zero-order valence-electron chi connectivity index (χ0n) is 8.09. The lowest BCUT2D eigenvalue weighted by Crippen LogP contribution is -2.10. The molecule has 0 spiro atoms. The number of ether oxygens (including phenoxy) is 1. The molecule has 0 aliphatic rings. The molecule has 3 nitrogen and oxygen atoms in total. The van der Waals surface area contributed by atoms with Gasteiger partial charge in [-0.05, 0) is 27.7 Å². The first-order valence-electron chi connectivity index (χ1n) is 3.66. The fraction of sp³-hybridized carbons (Fsp3) is 1.00. The minimum Gasteiger partial charge on any atom is -0.391 e. The first kappa shape index (κ1) is 13.5. The fourth-order valence-corrected chi connectivity index (χ4v) is 0.241. The summed E-state index contributed by atoms with van der Waals surface area (Å²) in [7, 11) is 1.56. The molecule has 0 saturated heterocycles. The van der Waals surface area contributed by atoms with E-state index >= 15 is 0 Å². The van der Waals surface area contributed by atoms with E-state index in [-0.39, 0.29) is 6.10 Å². The summed E-state index contributed by atoms with van der Waals surface area (Å²) < 4.78 is 4.55. The van der Waals surface area contributed by atoms with Crippen LogP contribution in [-0.4, -0.2) is 35.6 Å². The van der Waals surface area contributed by atoms with Gasteiger partial charge in [-0.25, -0.2) is 0 Å². The standard InChI is InChI=1S/C4H10O2.C4H10O/c1-4(5)3-6-2;1-4(2,3)5/h4-5H,3H2,1-2H3;5H,1-3H3. The third-order valence-electron chi connectivity index (χ3n) is 0.408. The zero-order chi connectivity index (χ0) is 9.49. The van der Waals surface area contributed by atoms with Crippen LogP contribution >= 0.6 is 0 Å². The molecule has 3 heteroatoms. The van der Waals surface area contributed by atoms with Crippen LogP contribution in [0.15, 0.2) is 0 Å². The summed E-state index contributed by atoms with van der Waals surface area (Å²) in [6.07, 6.45) is -0.324. The molecule has 1 unspecified atom stereocenters. The Hall–Kier alpha value is -0.120. The van der Waals surface area contributed by atoms with Crippen molar-refractivity contribution in [3.05, 3.63) is 0 Å². The Labute approximate surface area is 69.0 Å². The zero-order valence-corrected chi connectivity index (χ0v) is 8.09. The first-order chi connectivity index (χ1) is 4.77. The van der Waals surface area contributed by atoms with E-state index in [0.717, 1.165) is 0 Å². The second-order valence-electron chi connectivity index (χ2n) is 3.48. The second-order valence-corrected chi connectivity index (χ2v) is 3.48. The summed E-state index contributed by atoms with van der Waals surface area (Å²) in [5, 5.41) is 16.9. The molecule has 11 heavy (non-hydrogen) atoms. The molecule has 0 aromatic rings. The van der Waals surface area contributed by atoms with Gasteiger partial charge in [0.15, 0.2) is 0 Å². The van der Waals surface area contributed by atoms with E-state index in [2.05, 4.69) is 4.74 Å². The Morgan fingerprint density at radius 2 is 1.64 bits per heavy atom. The second kappa shape index (κ2) is 6.58. The SMILES string of the molecule is CC(C)(C)O.COCC(C)O. The molecule has 0 radical (unpaired) electrons. The Morgan fingerprint density at radius 1 is 1.36 bits per heavy atom. The minimum atomic E-state index is -0.500. The van der Waals surface area contributed by atoms with E-state index in [4.69, 9.17) is 10.2 Å². The van der Waals surface area contributed by atoms with Crippen LogP contribution in [0.25, 0.3) is 0 Å². The lowest BCUT2D eigenvalue weighted by molar-refractivity contribution is 0.0765. The molecular weight excluding hydrogens is 144 g/mol. The van der Waals surface area contributed by atoms with Gasteiger partial charge in [-0.15, -0.1) is 0 Å². The van der Waals surface area contributed by atoms with Gasteiger partial charge in [0.1, 0.15) is 0 Å². The van der Waals surface area contributed by atoms with Crippen LogP contribution in [0.4, 0.5) is 0 Å². The van der Waals surface area contributed by atoms with Gasteiger partial charge in [-0.2, -0.15) is 0 Å². The number of methoxy groups -OCH3 is 1. The normalized spacial score (nSPS) is 13.4. The summed E-state index contributed by atoms with van der Waals surface area (Å²) in [6.45, 7) is 7.34. The van der Waals surface area contributed by atoms with Crippen molar-refractivity contribution >= 4 is 0 Å². The summed E-state index contributed by atoms with van der Waals surface area (Å²) >= 11 is 0. The monoisotopic (exact) mass is 164 g/mol. The summed E-state index contributed by atoms with van der Waals surface area (Å²) in [4.78, 5) is 0. The van der Waals surface area contributed by atoms with Gasteiger partial charge in [0.2, 0.25) is 0 Å². The maximum atomic E-state index is 8.52. The van der Waals surface area contributed by atoms with Crippen LogP contribution in [0.1, 0.15) is 27.7 Å². The average Bonchev–Trinajstić information content (AvgIpc) is 1.58. The van der Waals surface area contributed by atoms with Gasteiger partial charge in [0.25, 0.3) is 0 Å². The van der Waals surface area contributed by atoms with Gasteiger partial charge in [0.05, 0.1) is 18.3 Å². The van der Waals surface area contributed by atoms with Crippen molar-refractivity contribution < 1.29 is 14.9 Å². The Bertz CT molecular complexity index is 67.9. The molecule has 1 atom stereocenters. The Balaban J connectivity index is 0. The van der Waals surface area contributed by atoms with E-state index in [1.54, 1.807) is 34.8 Å². The maximum Gasteiger partial charge on any atom is 0.0745 e. The van der Waals surface area contributed by atoms with Crippen molar-refractivity contribution in [2.24, 2.45) is 0 Å². The third kappa shape index (κ3) is 74.0. The van der Waals surface area contributed by atoms with Gasteiger partial charge in [-0.1, -0.05) is 0 Å². The van der Waals surface area contributed by atoms with Crippen molar-refractivity contribution in [2.75, 3.05) is 13.7 Å². The van der Waals surface area contributed by atoms with Crippen LogP contribution in [0.5, 0.6) is 0 Å². The molecule has 0 fully saturated rings. The fourth-order valence-electron chi connectivity index (χ4n) is 0.241. The first-order valence-corrected chi connectivity index (χ1v) is 3.66. The minimum absolute atomic E-state index is 0.324. The van der Waals surface area contributed by atoms with Gasteiger partial charge in [-0.3, -0.25) is 0 Å². The molecule has 0 heterocycles. The maximum absolute atomic E-state index is 8.52. The van der Waals surface area contributed by atoms with Crippen LogP contribution in [0.3, 0.4) is 0 Å². The molecule has 70 valence electrons. The molecule has 2 N–H and O–H groups in total. The molecule has 0 saturated carbocycles. The molecular formula is C8H20O3. The van der Waals surface area contributed by atoms with Gasteiger partial charge in [0, 0.05) is 7.11 Å². The summed E-state index contributed by atoms with van der Waals surface area (Å²) in [5.41, 5.74) is -0.500. The lowest BCUT2D eigenvalue weighted by Gasteiger charge is -2.04. The smallest absolute Gasteiger partial charge is 0.0745 e. The van der Waals surface area contributed by atoms with Crippen LogP contribution in [0, 0.1) is 0 Å². The number of hydrogen-bond acceptors (Lipinski definition) is 3. The topological polar surface area (TPSA) is 49.7 Å². The average molecular weight is 164 g/mol. The number of rotatable bonds is 2. The van der Waals surface area contributed by atoms with Gasteiger partial charge >= 0.3 is 0 Å². The van der Waals surface area contributed by atoms with Crippen LogP contribution in [0.2, 0.25) is 0 Å². The van der Waals surface area contributed by atoms with E-state index in [1.807, 2.05) is 0 Å². The lowest BCUT2D eigenvalue weighted by atomic mass is 10.2. The van der Waals surface area contributed by atoms with Crippen molar-refractivity contribution in [3.8, 4) is 0 Å².